The smallest absolute Gasteiger partial charge is 0.223 e. The third-order valence-corrected chi connectivity index (χ3v) is 5.44. The summed E-state index contributed by atoms with van der Waals surface area (Å²) in [5, 5.41) is 9.54. The zero-order valence-corrected chi connectivity index (χ0v) is 14.5. The molecule has 2 aromatic carbocycles. The van der Waals surface area contributed by atoms with Gasteiger partial charge in [-0.25, -0.2) is 4.39 Å². The summed E-state index contributed by atoms with van der Waals surface area (Å²) in [5.41, 5.74) is 1.64. The van der Waals surface area contributed by atoms with E-state index in [1.807, 2.05) is 42.2 Å². The van der Waals surface area contributed by atoms with E-state index < -0.39 is 5.41 Å². The minimum absolute atomic E-state index is 0.0128. The maximum absolute atomic E-state index is 13.3. The second-order valence-electron chi connectivity index (χ2n) is 6.86. The summed E-state index contributed by atoms with van der Waals surface area (Å²) in [6.45, 7) is 2.69. The minimum Gasteiger partial charge on any atom is -0.396 e. The van der Waals surface area contributed by atoms with E-state index in [1.165, 1.54) is 12.1 Å². The van der Waals surface area contributed by atoms with Crippen molar-refractivity contribution in [2.24, 2.45) is 0 Å². The third-order valence-electron chi connectivity index (χ3n) is 5.44. The number of halogens is 1. The van der Waals surface area contributed by atoms with Crippen molar-refractivity contribution in [2.45, 2.75) is 37.6 Å². The number of nitrogens with zero attached hydrogens (tertiary/aromatic N) is 1. The molecule has 1 N–H and O–H groups in total. The second-order valence-corrected chi connectivity index (χ2v) is 6.86. The zero-order valence-electron chi connectivity index (χ0n) is 14.5. The van der Waals surface area contributed by atoms with E-state index >= 15 is 0 Å². The molecular formula is C21H24FNO2. The third kappa shape index (κ3) is 3.59. The Hall–Kier alpha value is -2.20. The lowest BCUT2D eigenvalue weighted by Gasteiger charge is -2.43. The predicted molar refractivity (Wildman–Crippen MR) is 95.6 cm³/mol. The van der Waals surface area contributed by atoms with Crippen molar-refractivity contribution in [1.29, 1.82) is 0 Å². The van der Waals surface area contributed by atoms with Gasteiger partial charge in [-0.2, -0.15) is 0 Å². The monoisotopic (exact) mass is 341 g/mol. The average molecular weight is 341 g/mol. The van der Waals surface area contributed by atoms with Crippen LogP contribution in [0.5, 0.6) is 0 Å². The van der Waals surface area contributed by atoms with Gasteiger partial charge in [-0.1, -0.05) is 42.5 Å². The van der Waals surface area contributed by atoms with E-state index in [4.69, 9.17) is 0 Å². The molecule has 0 radical (unpaired) electrons. The van der Waals surface area contributed by atoms with Crippen molar-refractivity contribution in [3.05, 3.63) is 71.5 Å². The SMILES string of the molecule is C[C@@H](c1ccccc1)N1CC[C@](CCO)(c2ccc(F)cc2)CC1=O. The molecule has 1 amide bonds. The average Bonchev–Trinajstić information content (AvgIpc) is 2.63. The van der Waals surface area contributed by atoms with E-state index in [0.29, 0.717) is 19.4 Å². The molecule has 0 aromatic heterocycles. The van der Waals surface area contributed by atoms with Crippen molar-refractivity contribution in [1.82, 2.24) is 4.90 Å². The van der Waals surface area contributed by atoms with Gasteiger partial charge >= 0.3 is 0 Å². The molecule has 2 atom stereocenters. The van der Waals surface area contributed by atoms with Gasteiger partial charge in [0.25, 0.3) is 0 Å². The Labute approximate surface area is 148 Å². The molecule has 132 valence electrons. The standard InChI is InChI=1S/C21H24FNO2/c1-16(17-5-3-2-4-6-17)23-13-11-21(12-14-24,15-20(23)25)18-7-9-19(22)10-8-18/h2-10,16,24H,11-15H2,1H3/t16-,21+/m0/s1. The van der Waals surface area contributed by atoms with Crippen LogP contribution in [0.1, 0.15) is 43.4 Å². The van der Waals surface area contributed by atoms with Crippen molar-refractivity contribution < 1.29 is 14.3 Å². The predicted octanol–water partition coefficient (Wildman–Crippen LogP) is 3.83. The summed E-state index contributed by atoms with van der Waals surface area (Å²) in [4.78, 5) is 14.8. The van der Waals surface area contributed by atoms with Gasteiger partial charge in [-0.3, -0.25) is 4.79 Å². The fraction of sp³-hybridized carbons (Fsp3) is 0.381. The maximum atomic E-state index is 13.3. The van der Waals surface area contributed by atoms with Crippen LogP contribution in [0, 0.1) is 5.82 Å². The molecule has 1 fully saturated rings. The first-order chi connectivity index (χ1) is 12.1. The summed E-state index contributed by atoms with van der Waals surface area (Å²) in [7, 11) is 0. The first-order valence-corrected chi connectivity index (χ1v) is 8.77. The highest BCUT2D eigenvalue weighted by Crippen LogP contribution is 2.41. The van der Waals surface area contributed by atoms with Crippen LogP contribution in [-0.2, 0) is 10.2 Å². The Morgan fingerprint density at radius 3 is 2.44 bits per heavy atom. The molecule has 0 spiro atoms. The van der Waals surface area contributed by atoms with Gasteiger partial charge in [0.1, 0.15) is 5.82 Å². The number of aliphatic hydroxyl groups is 1. The Kier molecular flexibility index (Phi) is 5.19. The normalized spacial score (nSPS) is 22.0. The van der Waals surface area contributed by atoms with Crippen molar-refractivity contribution in [2.75, 3.05) is 13.2 Å². The Balaban J connectivity index is 1.82. The number of likely N-dealkylation sites (tertiary alicyclic amines) is 1. The molecular weight excluding hydrogens is 317 g/mol. The molecule has 0 unspecified atom stereocenters. The Morgan fingerprint density at radius 1 is 1.16 bits per heavy atom. The van der Waals surface area contributed by atoms with Crippen LogP contribution < -0.4 is 0 Å². The summed E-state index contributed by atoms with van der Waals surface area (Å²) in [6, 6.07) is 16.4. The molecule has 3 rings (SSSR count). The Bertz CT molecular complexity index is 716. The molecule has 1 aliphatic heterocycles. The van der Waals surface area contributed by atoms with Gasteiger partial charge in [-0.15, -0.1) is 0 Å². The van der Waals surface area contributed by atoms with Crippen LogP contribution in [0.25, 0.3) is 0 Å². The highest BCUT2D eigenvalue weighted by Gasteiger charge is 2.41. The van der Waals surface area contributed by atoms with E-state index in [9.17, 15) is 14.3 Å². The lowest BCUT2D eigenvalue weighted by molar-refractivity contribution is -0.138. The van der Waals surface area contributed by atoms with Crippen LogP contribution in [0.3, 0.4) is 0 Å². The van der Waals surface area contributed by atoms with E-state index in [0.717, 1.165) is 17.5 Å². The van der Waals surface area contributed by atoms with Crippen LogP contribution in [-0.4, -0.2) is 29.1 Å². The van der Waals surface area contributed by atoms with E-state index in [2.05, 4.69) is 0 Å². The van der Waals surface area contributed by atoms with Gasteiger partial charge in [-0.05, 0) is 43.0 Å². The second kappa shape index (κ2) is 7.36. The molecule has 0 bridgehead atoms. The number of hydrogen-bond acceptors (Lipinski definition) is 2. The van der Waals surface area contributed by atoms with Crippen molar-refractivity contribution >= 4 is 5.91 Å². The zero-order chi connectivity index (χ0) is 17.9. The van der Waals surface area contributed by atoms with Crippen LogP contribution >= 0.6 is 0 Å². The number of aliphatic hydroxyl groups excluding tert-OH is 1. The maximum Gasteiger partial charge on any atom is 0.223 e. The fourth-order valence-corrected chi connectivity index (χ4v) is 3.88. The largest absolute Gasteiger partial charge is 0.396 e. The van der Waals surface area contributed by atoms with Crippen LogP contribution in [0.15, 0.2) is 54.6 Å². The number of rotatable bonds is 5. The van der Waals surface area contributed by atoms with Gasteiger partial charge in [0.15, 0.2) is 0 Å². The molecule has 25 heavy (non-hydrogen) atoms. The first kappa shape index (κ1) is 17.6. The summed E-state index contributed by atoms with van der Waals surface area (Å²) in [6.07, 6.45) is 1.62. The molecule has 2 aromatic rings. The highest BCUT2D eigenvalue weighted by atomic mass is 19.1. The van der Waals surface area contributed by atoms with Crippen LogP contribution in [0.4, 0.5) is 4.39 Å². The van der Waals surface area contributed by atoms with Crippen molar-refractivity contribution in [3.8, 4) is 0 Å². The number of hydrogen-bond donors (Lipinski definition) is 1. The lowest BCUT2D eigenvalue weighted by Crippen LogP contribution is -2.47. The number of benzene rings is 2. The summed E-state index contributed by atoms with van der Waals surface area (Å²) >= 11 is 0. The molecule has 1 saturated heterocycles. The van der Waals surface area contributed by atoms with Gasteiger partial charge < -0.3 is 10.0 Å². The van der Waals surface area contributed by atoms with Gasteiger partial charge in [0, 0.05) is 25.0 Å². The summed E-state index contributed by atoms with van der Waals surface area (Å²) in [5.74, 6) is -0.204. The number of amides is 1. The van der Waals surface area contributed by atoms with E-state index in [1.54, 1.807) is 12.1 Å². The molecule has 3 nitrogen and oxygen atoms in total. The highest BCUT2D eigenvalue weighted by molar-refractivity contribution is 5.79. The van der Waals surface area contributed by atoms with Crippen molar-refractivity contribution in [3.63, 3.8) is 0 Å². The lowest BCUT2D eigenvalue weighted by atomic mass is 9.70. The number of carbonyl (C=O) groups is 1. The fourth-order valence-electron chi connectivity index (χ4n) is 3.88. The summed E-state index contributed by atoms with van der Waals surface area (Å²) < 4.78 is 13.3. The van der Waals surface area contributed by atoms with Gasteiger partial charge in [0.05, 0.1) is 6.04 Å². The number of piperidine rings is 1. The molecule has 0 aliphatic carbocycles. The van der Waals surface area contributed by atoms with Crippen LogP contribution in [0.2, 0.25) is 0 Å². The molecule has 0 saturated carbocycles. The minimum atomic E-state index is -0.410. The topological polar surface area (TPSA) is 40.5 Å². The molecule has 4 heteroatoms. The number of carbonyl (C=O) groups excluding carboxylic acids is 1. The first-order valence-electron chi connectivity index (χ1n) is 8.77. The molecule has 1 heterocycles. The quantitative estimate of drug-likeness (QED) is 0.898. The molecule has 1 aliphatic rings. The Morgan fingerprint density at radius 2 is 1.84 bits per heavy atom. The van der Waals surface area contributed by atoms with Gasteiger partial charge in [0.2, 0.25) is 5.91 Å². The van der Waals surface area contributed by atoms with E-state index in [-0.39, 0.29) is 24.4 Å².